The molecule has 23 heavy (non-hydrogen) atoms. The Hall–Kier alpha value is -1.99. The second-order valence-electron chi connectivity index (χ2n) is 4.60. The van der Waals surface area contributed by atoms with Gasteiger partial charge in [-0.15, -0.1) is 0 Å². The van der Waals surface area contributed by atoms with Crippen LogP contribution in [0.5, 0.6) is 5.75 Å². The molecule has 0 heterocycles. The van der Waals surface area contributed by atoms with Crippen LogP contribution in [0, 0.1) is 10.1 Å². The van der Waals surface area contributed by atoms with Crippen LogP contribution < -0.4 is 4.74 Å². The Kier molecular flexibility index (Phi) is 5.68. The first-order valence-corrected chi connectivity index (χ1v) is 8.06. The van der Waals surface area contributed by atoms with Gasteiger partial charge in [0.15, 0.2) is 5.75 Å². The molecule has 0 unspecified atom stereocenters. The van der Waals surface area contributed by atoms with Crippen molar-refractivity contribution in [3.8, 4) is 5.75 Å². The third kappa shape index (κ3) is 4.49. The zero-order valence-electron chi connectivity index (χ0n) is 12.0. The zero-order valence-corrected chi connectivity index (χ0v) is 15.1. The maximum absolute atomic E-state index is 12.2. The smallest absolute Gasteiger partial charge is 0.343 e. The lowest BCUT2D eigenvalue weighted by Crippen LogP contribution is -2.09. The summed E-state index contributed by atoms with van der Waals surface area (Å²) in [5.74, 6) is -0.315. The lowest BCUT2D eigenvalue weighted by Gasteiger charge is -2.10. The molecule has 2 aromatic carbocycles. The van der Waals surface area contributed by atoms with Gasteiger partial charge in [0.25, 0.3) is 0 Å². The van der Waals surface area contributed by atoms with E-state index in [2.05, 4.69) is 31.9 Å². The normalized spacial score (nSPS) is 11.2. The van der Waals surface area contributed by atoms with Crippen LogP contribution in [0.4, 0.5) is 0 Å². The van der Waals surface area contributed by atoms with Gasteiger partial charge in [-0.1, -0.05) is 34.1 Å². The van der Waals surface area contributed by atoms with Gasteiger partial charge in [-0.05, 0) is 40.2 Å². The minimum atomic E-state index is -0.540. The minimum Gasteiger partial charge on any atom is -0.421 e. The van der Waals surface area contributed by atoms with Crippen molar-refractivity contribution in [3.63, 3.8) is 0 Å². The Balaban J connectivity index is 2.43. The molecule has 0 saturated carbocycles. The molecule has 0 aliphatic carbocycles. The predicted molar refractivity (Wildman–Crippen MR) is 93.9 cm³/mol. The van der Waals surface area contributed by atoms with Crippen molar-refractivity contribution in [1.29, 1.82) is 0 Å². The second-order valence-corrected chi connectivity index (χ2v) is 6.37. The summed E-state index contributed by atoms with van der Waals surface area (Å²) in [4.78, 5) is 22.5. The number of carbonyl (C=O) groups is 1. The van der Waals surface area contributed by atoms with Crippen LogP contribution in [0.2, 0.25) is 0 Å². The van der Waals surface area contributed by atoms with E-state index < -0.39 is 10.9 Å². The summed E-state index contributed by atoms with van der Waals surface area (Å²) in [5, 5.41) is 10.8. The number of allylic oxidation sites excluding steroid dienone is 1. The summed E-state index contributed by atoms with van der Waals surface area (Å²) < 4.78 is 6.64. The Morgan fingerprint density at radius 2 is 1.87 bits per heavy atom. The highest BCUT2D eigenvalue weighted by Gasteiger charge is 2.16. The zero-order chi connectivity index (χ0) is 17.0. The van der Waals surface area contributed by atoms with Crippen molar-refractivity contribution in [3.05, 3.63) is 78.3 Å². The lowest BCUT2D eigenvalue weighted by molar-refractivity contribution is -0.422. The first-order chi connectivity index (χ1) is 10.9. The largest absolute Gasteiger partial charge is 0.421 e. The number of nitro groups is 1. The van der Waals surface area contributed by atoms with Crippen LogP contribution >= 0.6 is 31.9 Å². The lowest BCUT2D eigenvalue weighted by atomic mass is 10.1. The Bertz CT molecular complexity index is 788. The first-order valence-electron chi connectivity index (χ1n) is 6.47. The van der Waals surface area contributed by atoms with Gasteiger partial charge < -0.3 is 4.74 Å². The molecule has 0 aromatic heterocycles. The maximum Gasteiger partial charge on any atom is 0.343 e. The second kappa shape index (κ2) is 7.52. The van der Waals surface area contributed by atoms with Crippen LogP contribution in [-0.4, -0.2) is 10.9 Å². The van der Waals surface area contributed by atoms with E-state index in [1.807, 2.05) is 0 Å². The fourth-order valence-corrected chi connectivity index (χ4v) is 3.14. The molecule has 0 aliphatic rings. The van der Waals surface area contributed by atoms with Gasteiger partial charge in [0.2, 0.25) is 5.70 Å². The molecule has 0 N–H and O–H groups in total. The molecular weight excluding hydrogens is 430 g/mol. The van der Waals surface area contributed by atoms with Gasteiger partial charge >= 0.3 is 5.97 Å². The number of halogens is 2. The third-order valence-electron chi connectivity index (χ3n) is 2.89. The van der Waals surface area contributed by atoms with Gasteiger partial charge in [-0.25, -0.2) is 4.79 Å². The van der Waals surface area contributed by atoms with E-state index in [1.54, 1.807) is 42.5 Å². The molecule has 0 aliphatic heterocycles. The molecule has 5 nitrogen and oxygen atoms in total. The Morgan fingerprint density at radius 1 is 1.22 bits per heavy atom. The van der Waals surface area contributed by atoms with E-state index in [-0.39, 0.29) is 11.4 Å². The van der Waals surface area contributed by atoms with Gasteiger partial charge in [-0.3, -0.25) is 10.1 Å². The number of hydrogen-bond donors (Lipinski definition) is 0. The highest BCUT2D eigenvalue weighted by molar-refractivity contribution is 9.11. The molecule has 2 aromatic rings. The summed E-state index contributed by atoms with van der Waals surface area (Å²) in [6, 6.07) is 11.9. The van der Waals surface area contributed by atoms with Crippen molar-refractivity contribution in [2.75, 3.05) is 0 Å². The fourth-order valence-electron chi connectivity index (χ4n) is 1.80. The van der Waals surface area contributed by atoms with Crippen LogP contribution in [0.25, 0.3) is 6.08 Å². The van der Waals surface area contributed by atoms with Gasteiger partial charge in [0, 0.05) is 23.0 Å². The summed E-state index contributed by atoms with van der Waals surface area (Å²) in [6.45, 7) is 1.37. The van der Waals surface area contributed by atoms with Crippen molar-refractivity contribution in [2.24, 2.45) is 0 Å². The molecule has 0 spiro atoms. The highest BCUT2D eigenvalue weighted by Crippen LogP contribution is 2.35. The molecule has 0 atom stereocenters. The van der Waals surface area contributed by atoms with E-state index in [9.17, 15) is 14.9 Å². The molecule has 2 rings (SSSR count). The van der Waals surface area contributed by atoms with Crippen molar-refractivity contribution >= 4 is 43.9 Å². The first kappa shape index (κ1) is 17.4. The van der Waals surface area contributed by atoms with E-state index in [1.165, 1.54) is 13.0 Å². The van der Waals surface area contributed by atoms with E-state index in [0.29, 0.717) is 20.1 Å². The van der Waals surface area contributed by atoms with Gasteiger partial charge in [0.1, 0.15) is 0 Å². The number of nitrogens with zero attached hydrogens (tertiary/aromatic N) is 1. The average Bonchev–Trinajstić information content (AvgIpc) is 2.51. The number of carbonyl (C=O) groups excluding carboxylic acids is 1. The number of ether oxygens (including phenoxy) is 1. The molecule has 118 valence electrons. The highest BCUT2D eigenvalue weighted by atomic mass is 79.9. The molecule has 0 fully saturated rings. The van der Waals surface area contributed by atoms with Gasteiger partial charge in [-0.2, -0.15) is 0 Å². The topological polar surface area (TPSA) is 69.4 Å². The van der Waals surface area contributed by atoms with Crippen molar-refractivity contribution < 1.29 is 14.5 Å². The maximum atomic E-state index is 12.2. The van der Waals surface area contributed by atoms with Crippen LogP contribution in [-0.2, 0) is 0 Å². The molecule has 7 heteroatoms. The molecule has 0 bridgehead atoms. The summed E-state index contributed by atoms with van der Waals surface area (Å²) >= 11 is 6.64. The monoisotopic (exact) mass is 439 g/mol. The summed E-state index contributed by atoms with van der Waals surface area (Å²) in [5.41, 5.74) is 0.750. The van der Waals surface area contributed by atoms with Crippen molar-refractivity contribution in [2.45, 2.75) is 6.92 Å². The quantitative estimate of drug-likeness (QED) is 0.288. The number of esters is 1. The molecule has 0 radical (unpaired) electrons. The SMILES string of the molecule is C/C(=C\c1cc(Br)cc(Br)c1OC(=O)c1ccccc1)[N+](=O)[O-]. The predicted octanol–water partition coefficient (Wildman–Crippen LogP) is 5.07. The van der Waals surface area contributed by atoms with E-state index >= 15 is 0 Å². The average molecular weight is 441 g/mol. The minimum absolute atomic E-state index is 0.0630. The van der Waals surface area contributed by atoms with E-state index in [0.717, 1.165) is 0 Å². The standard InChI is InChI=1S/C16H11Br2NO4/c1-10(19(21)22)7-12-8-13(17)9-14(18)15(12)23-16(20)11-5-3-2-4-6-11/h2-9H,1H3/b10-7+. The number of hydrogen-bond acceptors (Lipinski definition) is 4. The fraction of sp³-hybridized carbons (Fsp3) is 0.0625. The van der Waals surface area contributed by atoms with Gasteiger partial charge in [0.05, 0.1) is 15.0 Å². The molecular formula is C16H11Br2NO4. The summed E-state index contributed by atoms with van der Waals surface area (Å²) in [6.07, 6.45) is 1.35. The third-order valence-corrected chi connectivity index (χ3v) is 3.94. The Labute approximate surface area is 149 Å². The number of benzene rings is 2. The number of rotatable bonds is 4. The van der Waals surface area contributed by atoms with E-state index in [4.69, 9.17) is 4.74 Å². The Morgan fingerprint density at radius 3 is 2.48 bits per heavy atom. The molecule has 0 amide bonds. The van der Waals surface area contributed by atoms with Crippen LogP contribution in [0.1, 0.15) is 22.8 Å². The van der Waals surface area contributed by atoms with Crippen molar-refractivity contribution in [1.82, 2.24) is 0 Å². The van der Waals surface area contributed by atoms with Crippen LogP contribution in [0.15, 0.2) is 57.1 Å². The van der Waals surface area contributed by atoms with Crippen LogP contribution in [0.3, 0.4) is 0 Å². The summed E-state index contributed by atoms with van der Waals surface area (Å²) in [7, 11) is 0. The molecule has 0 saturated heterocycles.